The molecule has 0 bridgehead atoms. The third-order valence-electron chi connectivity index (χ3n) is 3.76. The number of aromatic nitrogens is 4. The number of guanidine groups is 1. The second kappa shape index (κ2) is 9.16. The summed E-state index contributed by atoms with van der Waals surface area (Å²) in [6.45, 7) is 8.22. The second-order valence-electron chi connectivity index (χ2n) is 6.03. The van der Waals surface area contributed by atoms with Crippen LogP contribution in [0.4, 0.5) is 0 Å². The first kappa shape index (κ1) is 18.9. The number of hydrogen-bond donors (Lipinski definition) is 2. The lowest BCUT2D eigenvalue weighted by atomic mass is 10.1. The number of aryl methyl sites for hydroxylation is 1. The van der Waals surface area contributed by atoms with Crippen LogP contribution in [0.15, 0.2) is 15.6 Å². The molecule has 9 nitrogen and oxygen atoms in total. The monoisotopic (exact) mass is 349 g/mol. The number of ether oxygens (including phenoxy) is 1. The molecule has 0 saturated carbocycles. The van der Waals surface area contributed by atoms with Crippen molar-refractivity contribution in [2.45, 2.75) is 39.8 Å². The van der Waals surface area contributed by atoms with Gasteiger partial charge in [-0.05, 0) is 12.8 Å². The highest BCUT2D eigenvalue weighted by Gasteiger charge is 2.09. The van der Waals surface area contributed by atoms with Crippen LogP contribution >= 0.6 is 0 Å². The molecule has 0 atom stereocenters. The van der Waals surface area contributed by atoms with Gasteiger partial charge < -0.3 is 24.5 Å². The summed E-state index contributed by atoms with van der Waals surface area (Å²) in [4.78, 5) is 4.55. The molecule has 0 spiro atoms. The Hall–Kier alpha value is -2.42. The molecule has 0 saturated heterocycles. The lowest BCUT2D eigenvalue weighted by Gasteiger charge is -2.11. The summed E-state index contributed by atoms with van der Waals surface area (Å²) >= 11 is 0. The van der Waals surface area contributed by atoms with Crippen LogP contribution in [0.3, 0.4) is 0 Å². The van der Waals surface area contributed by atoms with Gasteiger partial charge in [0.2, 0.25) is 0 Å². The van der Waals surface area contributed by atoms with Crippen LogP contribution in [0.2, 0.25) is 0 Å². The van der Waals surface area contributed by atoms with Gasteiger partial charge in [-0.25, -0.2) is 4.99 Å². The normalized spacial score (nSPS) is 12.0. The summed E-state index contributed by atoms with van der Waals surface area (Å²) in [7, 11) is 3.59. The van der Waals surface area contributed by atoms with Gasteiger partial charge in [-0.3, -0.25) is 0 Å². The van der Waals surface area contributed by atoms with Crippen molar-refractivity contribution in [3.05, 3.63) is 29.2 Å². The molecule has 2 heterocycles. The molecule has 0 fully saturated rings. The van der Waals surface area contributed by atoms with E-state index in [-0.39, 0.29) is 0 Å². The molecule has 0 aromatic carbocycles. The average molecular weight is 349 g/mol. The molecule has 138 valence electrons. The van der Waals surface area contributed by atoms with Crippen LogP contribution in [0.1, 0.15) is 42.9 Å². The summed E-state index contributed by atoms with van der Waals surface area (Å²) < 4.78 is 12.3. The van der Waals surface area contributed by atoms with Gasteiger partial charge in [0.15, 0.2) is 17.5 Å². The Morgan fingerprint density at radius 2 is 2.16 bits per heavy atom. The Bertz CT molecular complexity index is 690. The molecule has 2 rings (SSSR count). The van der Waals surface area contributed by atoms with E-state index in [4.69, 9.17) is 9.26 Å². The van der Waals surface area contributed by atoms with Crippen molar-refractivity contribution in [3.63, 3.8) is 0 Å². The van der Waals surface area contributed by atoms with Crippen molar-refractivity contribution >= 4 is 5.96 Å². The predicted octanol–water partition coefficient (Wildman–Crippen LogP) is 1.12. The van der Waals surface area contributed by atoms with Crippen molar-refractivity contribution in [1.82, 2.24) is 30.6 Å². The van der Waals surface area contributed by atoms with Crippen molar-refractivity contribution in [2.24, 2.45) is 12.0 Å². The largest absolute Gasteiger partial charge is 0.383 e. The quantitative estimate of drug-likeness (QED) is 0.418. The first-order valence-corrected chi connectivity index (χ1v) is 8.32. The van der Waals surface area contributed by atoms with E-state index in [1.807, 2.05) is 24.6 Å². The fourth-order valence-corrected chi connectivity index (χ4v) is 2.04. The number of aliphatic imine (C=N–C) groups is 1. The Morgan fingerprint density at radius 3 is 2.76 bits per heavy atom. The Labute approximate surface area is 147 Å². The zero-order chi connectivity index (χ0) is 18.2. The third-order valence-corrected chi connectivity index (χ3v) is 3.76. The molecule has 0 radical (unpaired) electrons. The smallest absolute Gasteiger partial charge is 0.192 e. The third kappa shape index (κ3) is 5.56. The lowest BCUT2D eigenvalue weighted by molar-refractivity contribution is 0.203. The molecule has 25 heavy (non-hydrogen) atoms. The average Bonchev–Trinajstić information content (AvgIpc) is 3.18. The maximum atomic E-state index is 5.34. The van der Waals surface area contributed by atoms with Gasteiger partial charge in [-0.1, -0.05) is 19.0 Å². The summed E-state index contributed by atoms with van der Waals surface area (Å²) in [5.74, 6) is 3.41. The molecule has 2 N–H and O–H groups in total. The standard InChI is InChI=1S/C16H27N7O2/c1-11(2)14-8-13(25-22-14)9-18-16(17-6-7-24-5)19-10-15-21-20-12(3)23(15)4/h8,11H,6-7,9-10H2,1-5H3,(H2,17,18,19). The lowest BCUT2D eigenvalue weighted by Crippen LogP contribution is -2.38. The van der Waals surface area contributed by atoms with Crippen LogP contribution < -0.4 is 10.6 Å². The predicted molar refractivity (Wildman–Crippen MR) is 94.2 cm³/mol. The van der Waals surface area contributed by atoms with Gasteiger partial charge >= 0.3 is 0 Å². The Morgan fingerprint density at radius 1 is 1.36 bits per heavy atom. The summed E-state index contributed by atoms with van der Waals surface area (Å²) in [6.07, 6.45) is 0. The highest BCUT2D eigenvalue weighted by molar-refractivity contribution is 5.79. The minimum absolute atomic E-state index is 0.338. The SMILES string of the molecule is COCCNC(=NCc1nnc(C)n1C)NCc1cc(C(C)C)no1. The van der Waals surface area contributed by atoms with Gasteiger partial charge in [0, 0.05) is 26.8 Å². The van der Waals surface area contributed by atoms with E-state index in [0.29, 0.717) is 38.1 Å². The van der Waals surface area contributed by atoms with E-state index in [1.165, 1.54) is 0 Å². The van der Waals surface area contributed by atoms with E-state index in [2.05, 4.69) is 44.8 Å². The van der Waals surface area contributed by atoms with Crippen molar-refractivity contribution < 1.29 is 9.26 Å². The maximum Gasteiger partial charge on any atom is 0.192 e. The van der Waals surface area contributed by atoms with E-state index in [9.17, 15) is 0 Å². The van der Waals surface area contributed by atoms with Crippen LogP contribution in [-0.2, 0) is 24.9 Å². The summed E-state index contributed by atoms with van der Waals surface area (Å²) in [5, 5.41) is 18.7. The topological polar surface area (TPSA) is 102 Å². The molecule has 0 amide bonds. The van der Waals surface area contributed by atoms with Crippen LogP contribution in [0.5, 0.6) is 0 Å². The minimum Gasteiger partial charge on any atom is -0.383 e. The molecule has 9 heteroatoms. The maximum absolute atomic E-state index is 5.34. The minimum atomic E-state index is 0.338. The second-order valence-corrected chi connectivity index (χ2v) is 6.03. The number of hydrogen-bond acceptors (Lipinski definition) is 6. The molecule has 0 aliphatic rings. The number of nitrogens with one attached hydrogen (secondary N) is 2. The van der Waals surface area contributed by atoms with Gasteiger partial charge in [0.05, 0.1) is 18.8 Å². The van der Waals surface area contributed by atoms with Gasteiger partial charge in [-0.15, -0.1) is 10.2 Å². The first-order chi connectivity index (χ1) is 12.0. The molecule has 0 aliphatic heterocycles. The zero-order valence-corrected chi connectivity index (χ0v) is 15.5. The summed E-state index contributed by atoms with van der Waals surface area (Å²) in [6, 6.07) is 1.95. The van der Waals surface area contributed by atoms with E-state index in [0.717, 1.165) is 23.1 Å². The number of nitrogens with zero attached hydrogens (tertiary/aromatic N) is 5. The Kier molecular flexibility index (Phi) is 6.93. The van der Waals surface area contributed by atoms with Crippen molar-refractivity contribution in [2.75, 3.05) is 20.3 Å². The molecule has 0 unspecified atom stereocenters. The van der Waals surface area contributed by atoms with Crippen molar-refractivity contribution in [3.8, 4) is 0 Å². The highest BCUT2D eigenvalue weighted by Crippen LogP contribution is 2.13. The first-order valence-electron chi connectivity index (χ1n) is 8.32. The number of rotatable bonds is 8. The van der Waals surface area contributed by atoms with Crippen LogP contribution in [-0.4, -0.2) is 46.1 Å². The fourth-order valence-electron chi connectivity index (χ4n) is 2.04. The van der Waals surface area contributed by atoms with Gasteiger partial charge in [-0.2, -0.15) is 0 Å². The van der Waals surface area contributed by atoms with Crippen LogP contribution in [0.25, 0.3) is 0 Å². The van der Waals surface area contributed by atoms with E-state index >= 15 is 0 Å². The number of methoxy groups -OCH3 is 1. The molecule has 0 aliphatic carbocycles. The Balaban J connectivity index is 1.98. The summed E-state index contributed by atoms with van der Waals surface area (Å²) in [5.41, 5.74) is 0.942. The van der Waals surface area contributed by atoms with Gasteiger partial charge in [0.25, 0.3) is 0 Å². The van der Waals surface area contributed by atoms with E-state index < -0.39 is 0 Å². The molecular formula is C16H27N7O2. The highest BCUT2D eigenvalue weighted by atomic mass is 16.5. The van der Waals surface area contributed by atoms with Crippen molar-refractivity contribution in [1.29, 1.82) is 0 Å². The molecule has 2 aromatic heterocycles. The van der Waals surface area contributed by atoms with Gasteiger partial charge in [0.1, 0.15) is 12.4 Å². The molecular weight excluding hydrogens is 322 g/mol. The molecule has 2 aromatic rings. The fraction of sp³-hybridized carbons (Fsp3) is 0.625. The zero-order valence-electron chi connectivity index (χ0n) is 15.5. The van der Waals surface area contributed by atoms with Crippen LogP contribution in [0, 0.1) is 6.92 Å². The van der Waals surface area contributed by atoms with E-state index in [1.54, 1.807) is 7.11 Å².